The third-order valence-electron chi connectivity index (χ3n) is 5.13. The fraction of sp³-hybridized carbons (Fsp3) is 0.300. The number of likely N-dealkylation sites (tertiary alicyclic amines) is 1. The number of aromatic amines is 1. The van der Waals surface area contributed by atoms with Gasteiger partial charge in [-0.1, -0.05) is 0 Å². The highest BCUT2D eigenvalue weighted by molar-refractivity contribution is 5.80. The molecule has 1 aliphatic rings. The van der Waals surface area contributed by atoms with Crippen molar-refractivity contribution in [3.05, 3.63) is 64.1 Å². The van der Waals surface area contributed by atoms with Crippen molar-refractivity contribution >= 4 is 22.6 Å². The topological polar surface area (TPSA) is 84.1 Å². The molecule has 0 aliphatic carbocycles. The number of amides is 1. The van der Waals surface area contributed by atoms with Crippen LogP contribution in [0, 0.1) is 11.6 Å². The number of fused-ring (bicyclic) bond motifs is 1. The molecule has 2 aromatic carbocycles. The van der Waals surface area contributed by atoms with Gasteiger partial charge in [-0.05, 0) is 48.7 Å². The van der Waals surface area contributed by atoms with E-state index in [4.69, 9.17) is 5.73 Å². The van der Waals surface area contributed by atoms with Crippen LogP contribution >= 0.6 is 0 Å². The number of hydrogen-bond donors (Lipinski definition) is 2. The molecule has 1 aromatic heterocycles. The van der Waals surface area contributed by atoms with E-state index in [1.54, 1.807) is 27.7 Å². The van der Waals surface area contributed by atoms with Crippen LogP contribution in [-0.2, 0) is 11.2 Å². The van der Waals surface area contributed by atoms with Crippen molar-refractivity contribution in [2.24, 2.45) is 0 Å². The van der Waals surface area contributed by atoms with Crippen LogP contribution in [0.4, 0.5) is 14.5 Å². The third-order valence-corrected chi connectivity index (χ3v) is 5.13. The van der Waals surface area contributed by atoms with Crippen LogP contribution < -0.4 is 11.4 Å². The van der Waals surface area contributed by atoms with Gasteiger partial charge < -0.3 is 15.6 Å². The predicted molar refractivity (Wildman–Crippen MR) is 102 cm³/mol. The highest BCUT2D eigenvalue weighted by Crippen LogP contribution is 2.25. The lowest BCUT2D eigenvalue weighted by Gasteiger charge is -2.33. The zero-order valence-electron chi connectivity index (χ0n) is 15.1. The second-order valence-corrected chi connectivity index (χ2v) is 7.17. The zero-order valence-corrected chi connectivity index (χ0v) is 15.1. The molecule has 1 aliphatic heterocycles. The first-order valence-electron chi connectivity index (χ1n) is 9.13. The standard InChI is InChI=1S/C20H20F2N4O2/c21-13-6-12(7-14(22)9-13)8-19(27)25-5-1-2-16(11-25)26-18-10-15(23)3-4-17(18)24-20(26)28/h3-4,6-7,9-10,16H,1-2,5,8,11,23H2,(H,24,28)/t16-/m0/s1. The second-order valence-electron chi connectivity index (χ2n) is 7.17. The largest absolute Gasteiger partial charge is 0.399 e. The molecule has 0 spiro atoms. The minimum Gasteiger partial charge on any atom is -0.399 e. The maximum Gasteiger partial charge on any atom is 0.326 e. The Morgan fingerprint density at radius 3 is 2.68 bits per heavy atom. The van der Waals surface area contributed by atoms with Crippen molar-refractivity contribution in [3.8, 4) is 0 Å². The summed E-state index contributed by atoms with van der Waals surface area (Å²) in [4.78, 5) is 29.6. The minimum absolute atomic E-state index is 0.0862. The summed E-state index contributed by atoms with van der Waals surface area (Å²) in [6.07, 6.45) is 1.40. The summed E-state index contributed by atoms with van der Waals surface area (Å²) in [7, 11) is 0. The lowest BCUT2D eigenvalue weighted by atomic mass is 10.0. The molecular formula is C20H20F2N4O2. The third kappa shape index (κ3) is 3.49. The number of benzene rings is 2. The van der Waals surface area contributed by atoms with Crippen LogP contribution in [0.1, 0.15) is 24.4 Å². The van der Waals surface area contributed by atoms with E-state index in [9.17, 15) is 18.4 Å². The molecule has 0 radical (unpaired) electrons. The number of carbonyl (C=O) groups is 1. The molecule has 0 unspecified atom stereocenters. The monoisotopic (exact) mass is 386 g/mol. The van der Waals surface area contributed by atoms with E-state index in [1.165, 1.54) is 0 Å². The molecule has 8 heteroatoms. The van der Waals surface area contributed by atoms with Crippen LogP contribution in [0.2, 0.25) is 0 Å². The first-order valence-corrected chi connectivity index (χ1v) is 9.13. The smallest absolute Gasteiger partial charge is 0.326 e. The highest BCUT2D eigenvalue weighted by atomic mass is 19.1. The van der Waals surface area contributed by atoms with E-state index < -0.39 is 11.6 Å². The number of halogens is 2. The maximum absolute atomic E-state index is 13.4. The van der Waals surface area contributed by atoms with Gasteiger partial charge in [0.15, 0.2) is 0 Å². The number of H-pyrrole nitrogens is 1. The van der Waals surface area contributed by atoms with Gasteiger partial charge in [-0.3, -0.25) is 9.36 Å². The van der Waals surface area contributed by atoms with E-state index >= 15 is 0 Å². The summed E-state index contributed by atoms with van der Waals surface area (Å²) in [6, 6.07) is 8.13. The maximum atomic E-state index is 13.4. The average molecular weight is 386 g/mol. The van der Waals surface area contributed by atoms with Crippen LogP contribution in [0.15, 0.2) is 41.2 Å². The van der Waals surface area contributed by atoms with E-state index in [1.807, 2.05) is 0 Å². The molecule has 1 fully saturated rings. The number of carbonyl (C=O) groups excluding carboxylic acids is 1. The Kier molecular flexibility index (Phi) is 4.62. The first-order chi connectivity index (χ1) is 13.4. The lowest BCUT2D eigenvalue weighted by molar-refractivity contribution is -0.132. The Labute approximate surface area is 159 Å². The van der Waals surface area contributed by atoms with Crippen LogP contribution in [0.25, 0.3) is 11.0 Å². The Bertz CT molecular complexity index is 1090. The van der Waals surface area contributed by atoms with E-state index in [2.05, 4.69) is 4.98 Å². The molecule has 28 heavy (non-hydrogen) atoms. The summed E-state index contributed by atoms with van der Waals surface area (Å²) in [6.45, 7) is 0.907. The van der Waals surface area contributed by atoms with Crippen molar-refractivity contribution in [1.29, 1.82) is 0 Å². The molecule has 4 rings (SSSR count). The molecule has 2 heterocycles. The Balaban J connectivity index is 1.56. The number of aromatic nitrogens is 2. The molecule has 1 saturated heterocycles. The van der Waals surface area contributed by atoms with Gasteiger partial charge in [0.2, 0.25) is 5.91 Å². The summed E-state index contributed by atoms with van der Waals surface area (Å²) >= 11 is 0. The fourth-order valence-electron chi connectivity index (χ4n) is 3.89. The first kappa shape index (κ1) is 18.2. The lowest BCUT2D eigenvalue weighted by Crippen LogP contribution is -2.43. The summed E-state index contributed by atoms with van der Waals surface area (Å²) in [5.74, 6) is -1.63. The molecule has 0 bridgehead atoms. The summed E-state index contributed by atoms with van der Waals surface area (Å²) in [5, 5.41) is 0. The van der Waals surface area contributed by atoms with Crippen molar-refractivity contribution in [3.63, 3.8) is 0 Å². The van der Waals surface area contributed by atoms with Crippen LogP contribution in [0.3, 0.4) is 0 Å². The van der Waals surface area contributed by atoms with E-state index in [0.29, 0.717) is 35.4 Å². The predicted octanol–water partition coefficient (Wildman–Crippen LogP) is 2.60. The van der Waals surface area contributed by atoms with Gasteiger partial charge >= 0.3 is 5.69 Å². The number of nitrogen functional groups attached to an aromatic ring is 1. The van der Waals surface area contributed by atoms with Gasteiger partial charge in [0, 0.05) is 24.8 Å². The van der Waals surface area contributed by atoms with Crippen molar-refractivity contribution in [2.75, 3.05) is 18.8 Å². The summed E-state index contributed by atoms with van der Waals surface area (Å²) < 4.78 is 28.4. The van der Waals surface area contributed by atoms with Crippen LogP contribution in [-0.4, -0.2) is 33.4 Å². The number of anilines is 1. The molecule has 3 aromatic rings. The molecule has 3 N–H and O–H groups in total. The number of nitrogens with one attached hydrogen (secondary N) is 1. The molecule has 6 nitrogen and oxygen atoms in total. The number of hydrogen-bond acceptors (Lipinski definition) is 3. The molecule has 1 amide bonds. The summed E-state index contributed by atoms with van der Waals surface area (Å²) in [5.41, 5.74) is 7.86. The van der Waals surface area contributed by atoms with Gasteiger partial charge in [-0.2, -0.15) is 0 Å². The fourth-order valence-corrected chi connectivity index (χ4v) is 3.89. The minimum atomic E-state index is -0.706. The van der Waals surface area contributed by atoms with Crippen molar-refractivity contribution < 1.29 is 13.6 Å². The zero-order chi connectivity index (χ0) is 19.8. The van der Waals surface area contributed by atoms with Gasteiger partial charge in [0.05, 0.1) is 23.5 Å². The SMILES string of the molecule is Nc1ccc2[nH]c(=O)n([C@H]3CCCN(C(=O)Cc4cc(F)cc(F)c4)C3)c2c1. The van der Waals surface area contributed by atoms with E-state index in [-0.39, 0.29) is 24.1 Å². The quantitative estimate of drug-likeness (QED) is 0.679. The molecule has 146 valence electrons. The highest BCUT2D eigenvalue weighted by Gasteiger charge is 2.27. The molecular weight excluding hydrogens is 366 g/mol. The van der Waals surface area contributed by atoms with Gasteiger partial charge in [0.25, 0.3) is 0 Å². The van der Waals surface area contributed by atoms with Gasteiger partial charge in [-0.25, -0.2) is 13.6 Å². The number of nitrogens with two attached hydrogens (primary N) is 1. The van der Waals surface area contributed by atoms with Gasteiger partial charge in [0.1, 0.15) is 11.6 Å². The number of rotatable bonds is 3. The van der Waals surface area contributed by atoms with Crippen molar-refractivity contribution in [2.45, 2.75) is 25.3 Å². The Morgan fingerprint density at radius 2 is 1.93 bits per heavy atom. The normalized spacial score (nSPS) is 17.2. The van der Waals surface area contributed by atoms with E-state index in [0.717, 1.165) is 31.0 Å². The Morgan fingerprint density at radius 1 is 1.18 bits per heavy atom. The second kappa shape index (κ2) is 7.10. The number of nitrogens with zero attached hydrogens (tertiary/aromatic N) is 2. The van der Waals surface area contributed by atoms with Crippen LogP contribution in [0.5, 0.6) is 0 Å². The van der Waals surface area contributed by atoms with Gasteiger partial charge in [-0.15, -0.1) is 0 Å². The number of imidazole rings is 1. The molecule has 1 atom stereocenters. The molecule has 0 saturated carbocycles. The Hall–Kier alpha value is -3.16. The van der Waals surface area contributed by atoms with Crippen molar-refractivity contribution in [1.82, 2.24) is 14.5 Å². The average Bonchev–Trinajstić information content (AvgIpc) is 2.96. The number of piperidine rings is 1.